The van der Waals surface area contributed by atoms with Crippen molar-refractivity contribution in [2.45, 2.75) is 59.0 Å². The number of benzene rings is 1. The summed E-state index contributed by atoms with van der Waals surface area (Å²) in [5.74, 6) is 0.0763. The molecule has 0 radical (unpaired) electrons. The third kappa shape index (κ3) is 4.81. The molecule has 0 spiro atoms. The van der Waals surface area contributed by atoms with Crippen molar-refractivity contribution in [2.24, 2.45) is 11.1 Å². The van der Waals surface area contributed by atoms with E-state index in [0.29, 0.717) is 13.1 Å². The van der Waals surface area contributed by atoms with E-state index in [0.717, 1.165) is 24.9 Å². The van der Waals surface area contributed by atoms with Crippen molar-refractivity contribution in [2.75, 3.05) is 19.6 Å². The highest BCUT2D eigenvalue weighted by molar-refractivity contribution is 5.82. The number of nitrogens with one attached hydrogen (secondary N) is 1. The van der Waals surface area contributed by atoms with Gasteiger partial charge in [-0.3, -0.25) is 9.69 Å². The van der Waals surface area contributed by atoms with Crippen molar-refractivity contribution in [1.82, 2.24) is 10.2 Å². The van der Waals surface area contributed by atoms with Gasteiger partial charge in [0.05, 0.1) is 5.41 Å². The quantitative estimate of drug-likeness (QED) is 0.770. The summed E-state index contributed by atoms with van der Waals surface area (Å²) in [5.41, 5.74) is 7.91. The van der Waals surface area contributed by atoms with Gasteiger partial charge in [-0.2, -0.15) is 0 Å². The molecular formula is C20H33N3O. The maximum Gasteiger partial charge on any atom is 0.227 e. The van der Waals surface area contributed by atoms with E-state index in [9.17, 15) is 4.79 Å². The van der Waals surface area contributed by atoms with E-state index < -0.39 is 5.41 Å². The first-order valence-corrected chi connectivity index (χ1v) is 9.42. The topological polar surface area (TPSA) is 58.4 Å². The molecule has 0 aromatic heterocycles. The summed E-state index contributed by atoms with van der Waals surface area (Å²) in [6, 6.07) is 8.63. The lowest BCUT2D eigenvalue weighted by molar-refractivity contribution is -0.131. The van der Waals surface area contributed by atoms with Crippen LogP contribution in [0.1, 0.15) is 57.1 Å². The fourth-order valence-corrected chi connectivity index (χ4v) is 3.46. The number of piperidine rings is 1. The Kier molecular flexibility index (Phi) is 7.25. The highest BCUT2D eigenvalue weighted by Crippen LogP contribution is 2.25. The number of hydrogen-bond acceptors (Lipinski definition) is 3. The molecule has 0 saturated carbocycles. The molecule has 3 N–H and O–H groups in total. The first-order valence-electron chi connectivity index (χ1n) is 9.42. The van der Waals surface area contributed by atoms with Crippen molar-refractivity contribution in [3.8, 4) is 0 Å². The molecule has 1 heterocycles. The van der Waals surface area contributed by atoms with E-state index in [4.69, 9.17) is 5.73 Å². The molecule has 4 heteroatoms. The molecule has 1 saturated heterocycles. The van der Waals surface area contributed by atoms with Crippen molar-refractivity contribution >= 4 is 5.91 Å². The Morgan fingerprint density at radius 2 is 1.67 bits per heavy atom. The SMILES string of the molecule is CCC(CC)(CN)C(=O)NCc1ccc(CN2CCCCC2)cc1. The second-order valence-corrected chi connectivity index (χ2v) is 7.03. The second kappa shape index (κ2) is 9.19. The van der Waals surface area contributed by atoms with E-state index in [1.54, 1.807) is 0 Å². The Bertz CT molecular complexity index is 494. The minimum absolute atomic E-state index is 0.0763. The lowest BCUT2D eigenvalue weighted by Crippen LogP contribution is -2.45. The molecule has 1 fully saturated rings. The fourth-order valence-electron chi connectivity index (χ4n) is 3.46. The highest BCUT2D eigenvalue weighted by Gasteiger charge is 2.32. The predicted octanol–water partition coefficient (Wildman–Crippen LogP) is 3.05. The Hall–Kier alpha value is -1.39. The maximum absolute atomic E-state index is 12.5. The summed E-state index contributed by atoms with van der Waals surface area (Å²) >= 11 is 0. The van der Waals surface area contributed by atoms with E-state index in [-0.39, 0.29) is 5.91 Å². The van der Waals surface area contributed by atoms with E-state index >= 15 is 0 Å². The van der Waals surface area contributed by atoms with Gasteiger partial charge in [0.2, 0.25) is 5.91 Å². The molecule has 0 unspecified atom stereocenters. The summed E-state index contributed by atoms with van der Waals surface area (Å²) in [6.45, 7) is 8.51. The molecule has 134 valence electrons. The van der Waals surface area contributed by atoms with Gasteiger partial charge in [0.15, 0.2) is 0 Å². The third-order valence-corrected chi connectivity index (χ3v) is 5.56. The van der Waals surface area contributed by atoms with Gasteiger partial charge in [0, 0.05) is 19.6 Å². The third-order valence-electron chi connectivity index (χ3n) is 5.56. The number of carbonyl (C=O) groups is 1. The maximum atomic E-state index is 12.5. The number of rotatable bonds is 8. The Morgan fingerprint density at radius 1 is 1.08 bits per heavy atom. The normalized spacial score (nSPS) is 16.1. The van der Waals surface area contributed by atoms with E-state index in [2.05, 4.69) is 34.5 Å². The first-order chi connectivity index (χ1) is 11.6. The zero-order valence-corrected chi connectivity index (χ0v) is 15.3. The van der Waals surface area contributed by atoms with Crippen LogP contribution in [0.25, 0.3) is 0 Å². The zero-order valence-electron chi connectivity index (χ0n) is 15.3. The van der Waals surface area contributed by atoms with Crippen LogP contribution in [-0.4, -0.2) is 30.4 Å². The van der Waals surface area contributed by atoms with Gasteiger partial charge in [-0.15, -0.1) is 0 Å². The summed E-state index contributed by atoms with van der Waals surface area (Å²) in [7, 11) is 0. The Balaban J connectivity index is 1.86. The molecule has 24 heavy (non-hydrogen) atoms. The molecule has 1 aliphatic rings. The first kappa shape index (κ1) is 18.9. The van der Waals surface area contributed by atoms with Gasteiger partial charge in [-0.05, 0) is 49.9 Å². The van der Waals surface area contributed by atoms with Crippen LogP contribution in [0.4, 0.5) is 0 Å². The number of nitrogens with two attached hydrogens (primary N) is 1. The van der Waals surface area contributed by atoms with Gasteiger partial charge in [0.25, 0.3) is 0 Å². The highest BCUT2D eigenvalue weighted by atomic mass is 16.2. The Morgan fingerprint density at radius 3 is 2.21 bits per heavy atom. The summed E-state index contributed by atoms with van der Waals surface area (Å²) in [6.07, 6.45) is 5.57. The lowest BCUT2D eigenvalue weighted by Gasteiger charge is -2.28. The summed E-state index contributed by atoms with van der Waals surface area (Å²) in [4.78, 5) is 15.0. The van der Waals surface area contributed by atoms with Gasteiger partial charge < -0.3 is 11.1 Å². The van der Waals surface area contributed by atoms with Crippen LogP contribution in [0.3, 0.4) is 0 Å². The van der Waals surface area contributed by atoms with Gasteiger partial charge >= 0.3 is 0 Å². The minimum Gasteiger partial charge on any atom is -0.352 e. The van der Waals surface area contributed by atoms with Crippen molar-refractivity contribution < 1.29 is 4.79 Å². The zero-order chi connectivity index (χ0) is 17.4. The van der Waals surface area contributed by atoms with E-state index in [1.807, 2.05) is 13.8 Å². The van der Waals surface area contributed by atoms with Crippen LogP contribution >= 0.6 is 0 Å². The van der Waals surface area contributed by atoms with Crippen LogP contribution < -0.4 is 11.1 Å². The molecule has 4 nitrogen and oxygen atoms in total. The predicted molar refractivity (Wildman–Crippen MR) is 99.5 cm³/mol. The molecule has 2 rings (SSSR count). The van der Waals surface area contributed by atoms with Crippen molar-refractivity contribution in [3.63, 3.8) is 0 Å². The number of likely N-dealkylation sites (tertiary alicyclic amines) is 1. The second-order valence-electron chi connectivity index (χ2n) is 7.03. The fraction of sp³-hybridized carbons (Fsp3) is 0.650. The van der Waals surface area contributed by atoms with Crippen LogP contribution in [0.5, 0.6) is 0 Å². The van der Waals surface area contributed by atoms with E-state index in [1.165, 1.54) is 37.9 Å². The van der Waals surface area contributed by atoms with Crippen molar-refractivity contribution in [1.29, 1.82) is 0 Å². The van der Waals surface area contributed by atoms with Crippen LogP contribution in [0.15, 0.2) is 24.3 Å². The standard InChI is InChI=1S/C20H33N3O/c1-3-20(4-2,16-21)19(24)22-14-17-8-10-18(11-9-17)15-23-12-6-5-7-13-23/h8-11H,3-7,12-16,21H2,1-2H3,(H,22,24). The van der Waals surface area contributed by atoms with Crippen LogP contribution in [-0.2, 0) is 17.9 Å². The molecule has 0 aliphatic carbocycles. The van der Waals surface area contributed by atoms with Crippen LogP contribution in [0.2, 0.25) is 0 Å². The van der Waals surface area contributed by atoms with Gasteiger partial charge in [-0.25, -0.2) is 0 Å². The number of hydrogen-bond donors (Lipinski definition) is 2. The average molecular weight is 332 g/mol. The Labute approximate surface area is 146 Å². The minimum atomic E-state index is -0.422. The smallest absolute Gasteiger partial charge is 0.227 e. The average Bonchev–Trinajstić information content (AvgIpc) is 2.64. The monoisotopic (exact) mass is 331 g/mol. The number of nitrogens with zero attached hydrogens (tertiary/aromatic N) is 1. The summed E-state index contributed by atoms with van der Waals surface area (Å²) in [5, 5.41) is 3.06. The molecule has 0 bridgehead atoms. The molecule has 1 amide bonds. The lowest BCUT2D eigenvalue weighted by atomic mass is 9.81. The largest absolute Gasteiger partial charge is 0.352 e. The molecular weight excluding hydrogens is 298 g/mol. The molecule has 1 aliphatic heterocycles. The van der Waals surface area contributed by atoms with Gasteiger partial charge in [0.1, 0.15) is 0 Å². The molecule has 1 aromatic carbocycles. The summed E-state index contributed by atoms with van der Waals surface area (Å²) < 4.78 is 0. The van der Waals surface area contributed by atoms with Crippen molar-refractivity contribution in [3.05, 3.63) is 35.4 Å². The number of amides is 1. The van der Waals surface area contributed by atoms with Gasteiger partial charge in [-0.1, -0.05) is 44.5 Å². The number of carbonyl (C=O) groups excluding carboxylic acids is 1. The van der Waals surface area contributed by atoms with Crippen LogP contribution in [0, 0.1) is 5.41 Å². The molecule has 0 atom stereocenters. The molecule has 1 aromatic rings.